The summed E-state index contributed by atoms with van der Waals surface area (Å²) in [5.74, 6) is -1.70. The van der Waals surface area contributed by atoms with E-state index in [0.29, 0.717) is 6.29 Å². The van der Waals surface area contributed by atoms with E-state index >= 15 is 0 Å². The van der Waals surface area contributed by atoms with Gasteiger partial charge < -0.3 is 21.0 Å². The van der Waals surface area contributed by atoms with Crippen LogP contribution in [0.15, 0.2) is 0 Å². The van der Waals surface area contributed by atoms with E-state index in [2.05, 4.69) is 5.32 Å². The maximum absolute atomic E-state index is 10.6. The Hall–Kier alpha value is -1.43. The van der Waals surface area contributed by atoms with Crippen LogP contribution in [0.1, 0.15) is 6.42 Å². The van der Waals surface area contributed by atoms with Crippen molar-refractivity contribution in [2.75, 3.05) is 6.54 Å². The molecule has 0 heterocycles. The van der Waals surface area contributed by atoms with Crippen molar-refractivity contribution in [3.63, 3.8) is 0 Å². The smallest absolute Gasteiger partial charge is 0.305 e. The third-order valence-electron chi connectivity index (χ3n) is 1.09. The number of carbonyl (C=O) groups is 3. The summed E-state index contributed by atoms with van der Waals surface area (Å²) >= 11 is 0. The molecule has 0 bridgehead atoms. The first-order valence-corrected chi connectivity index (χ1v) is 3.26. The van der Waals surface area contributed by atoms with Crippen molar-refractivity contribution >= 4 is 18.2 Å². The van der Waals surface area contributed by atoms with Gasteiger partial charge in [-0.1, -0.05) is 0 Å². The van der Waals surface area contributed by atoms with Gasteiger partial charge in [0.2, 0.25) is 5.91 Å². The van der Waals surface area contributed by atoms with Gasteiger partial charge >= 0.3 is 5.97 Å². The van der Waals surface area contributed by atoms with Crippen molar-refractivity contribution < 1.29 is 19.5 Å². The fourth-order valence-electron chi connectivity index (χ4n) is 0.587. The maximum atomic E-state index is 10.6. The molecule has 0 radical (unpaired) electrons. The van der Waals surface area contributed by atoms with Crippen LogP contribution in [-0.4, -0.2) is 35.9 Å². The molecule has 0 aliphatic carbocycles. The second-order valence-corrected chi connectivity index (χ2v) is 2.11. The average molecular weight is 174 g/mol. The lowest BCUT2D eigenvalue weighted by molar-refractivity contribution is -0.138. The number of nitrogens with one attached hydrogen (secondary N) is 1. The van der Waals surface area contributed by atoms with Gasteiger partial charge in [0.05, 0.1) is 19.0 Å². The fraction of sp³-hybridized carbons (Fsp3) is 0.500. The molecular weight excluding hydrogens is 164 g/mol. The predicted octanol–water partition coefficient (Wildman–Crippen LogP) is -1.90. The summed E-state index contributed by atoms with van der Waals surface area (Å²) in [6, 6.07) is -0.987. The van der Waals surface area contributed by atoms with Gasteiger partial charge in [-0.05, 0) is 0 Å². The zero-order valence-corrected chi connectivity index (χ0v) is 6.32. The first kappa shape index (κ1) is 10.6. The molecule has 4 N–H and O–H groups in total. The third-order valence-corrected chi connectivity index (χ3v) is 1.09. The Balaban J connectivity index is 3.90. The molecule has 0 saturated carbocycles. The number of rotatable bonds is 5. The van der Waals surface area contributed by atoms with Crippen LogP contribution in [0, 0.1) is 0 Å². The van der Waals surface area contributed by atoms with E-state index in [0.717, 1.165) is 0 Å². The lowest BCUT2D eigenvalue weighted by atomic mass is 10.2. The number of nitrogens with two attached hydrogens (primary N) is 1. The Morgan fingerprint density at radius 1 is 1.58 bits per heavy atom. The van der Waals surface area contributed by atoms with Gasteiger partial charge in [0, 0.05) is 0 Å². The van der Waals surface area contributed by atoms with E-state index in [1.807, 2.05) is 0 Å². The summed E-state index contributed by atoms with van der Waals surface area (Å²) in [6.07, 6.45) is -0.0586. The molecule has 0 fully saturated rings. The standard InChI is InChI=1S/C6H10N2O4/c7-2-5(10)8-4(3-9)1-6(11)12/h3-4H,1-2,7H2,(H,8,10)(H,11,12). The average Bonchev–Trinajstić information content (AvgIpc) is 2.02. The third kappa shape index (κ3) is 4.40. The second-order valence-electron chi connectivity index (χ2n) is 2.11. The number of carboxylic acids is 1. The molecule has 0 spiro atoms. The largest absolute Gasteiger partial charge is 0.481 e. The van der Waals surface area contributed by atoms with Gasteiger partial charge in [-0.25, -0.2) is 0 Å². The zero-order chi connectivity index (χ0) is 9.56. The second kappa shape index (κ2) is 5.25. The van der Waals surface area contributed by atoms with E-state index in [1.165, 1.54) is 0 Å². The molecule has 0 rings (SSSR count). The van der Waals surface area contributed by atoms with Gasteiger partial charge in [-0.3, -0.25) is 9.59 Å². The molecule has 68 valence electrons. The molecule has 0 aliphatic rings. The number of aliphatic carboxylic acids is 1. The summed E-state index contributed by atoms with van der Waals surface area (Å²) in [5, 5.41) is 10.4. The van der Waals surface area contributed by atoms with Gasteiger partial charge in [-0.15, -0.1) is 0 Å². The molecule has 12 heavy (non-hydrogen) atoms. The van der Waals surface area contributed by atoms with Crippen LogP contribution < -0.4 is 11.1 Å². The number of hydrogen-bond acceptors (Lipinski definition) is 4. The Morgan fingerprint density at radius 2 is 2.17 bits per heavy atom. The minimum atomic E-state index is -1.15. The van der Waals surface area contributed by atoms with E-state index in [4.69, 9.17) is 10.8 Å². The maximum Gasteiger partial charge on any atom is 0.305 e. The summed E-state index contributed by atoms with van der Waals surface area (Å²) in [6.45, 7) is -0.260. The Morgan fingerprint density at radius 3 is 2.50 bits per heavy atom. The number of aldehydes is 1. The van der Waals surface area contributed by atoms with Crippen molar-refractivity contribution in [2.45, 2.75) is 12.5 Å². The summed E-state index contributed by atoms with van der Waals surface area (Å²) in [4.78, 5) is 30.8. The Kier molecular flexibility index (Phi) is 4.62. The minimum absolute atomic E-state index is 0.260. The number of hydrogen-bond donors (Lipinski definition) is 3. The Bertz CT molecular complexity index is 192. The van der Waals surface area contributed by atoms with Crippen molar-refractivity contribution in [1.29, 1.82) is 0 Å². The molecule has 0 aliphatic heterocycles. The van der Waals surface area contributed by atoms with Crippen molar-refractivity contribution in [3.8, 4) is 0 Å². The van der Waals surface area contributed by atoms with Crippen LogP contribution in [0.4, 0.5) is 0 Å². The first-order chi connectivity index (χ1) is 5.60. The van der Waals surface area contributed by atoms with Crippen LogP contribution in [0.2, 0.25) is 0 Å². The molecule has 0 aromatic rings. The van der Waals surface area contributed by atoms with Gasteiger partial charge in [0.1, 0.15) is 6.29 Å². The number of carbonyl (C=O) groups excluding carboxylic acids is 2. The number of carboxylic acid groups (broad SMARTS) is 1. The van der Waals surface area contributed by atoms with Gasteiger partial charge in [0.25, 0.3) is 0 Å². The quantitative estimate of drug-likeness (QED) is 0.422. The Labute approximate surface area is 68.7 Å². The normalized spacial score (nSPS) is 11.8. The number of amides is 1. The van der Waals surface area contributed by atoms with Crippen LogP contribution in [0.25, 0.3) is 0 Å². The van der Waals surface area contributed by atoms with Crippen molar-refractivity contribution in [3.05, 3.63) is 0 Å². The molecule has 1 atom stereocenters. The lowest BCUT2D eigenvalue weighted by Gasteiger charge is -2.08. The van der Waals surface area contributed by atoms with E-state index in [1.54, 1.807) is 0 Å². The molecule has 0 aromatic heterocycles. The first-order valence-electron chi connectivity index (χ1n) is 3.26. The van der Waals surface area contributed by atoms with E-state index in [9.17, 15) is 14.4 Å². The summed E-state index contributed by atoms with van der Waals surface area (Å²) in [5.41, 5.74) is 4.93. The molecular formula is C6H10N2O4. The topological polar surface area (TPSA) is 109 Å². The van der Waals surface area contributed by atoms with Crippen molar-refractivity contribution in [1.82, 2.24) is 5.32 Å². The molecule has 6 heteroatoms. The van der Waals surface area contributed by atoms with Crippen LogP contribution in [-0.2, 0) is 14.4 Å². The lowest BCUT2D eigenvalue weighted by Crippen LogP contribution is -2.40. The molecule has 0 aromatic carbocycles. The van der Waals surface area contributed by atoms with Crippen molar-refractivity contribution in [2.24, 2.45) is 5.73 Å². The molecule has 1 amide bonds. The zero-order valence-electron chi connectivity index (χ0n) is 6.32. The fourth-order valence-corrected chi connectivity index (χ4v) is 0.587. The summed E-state index contributed by atoms with van der Waals surface area (Å²) in [7, 11) is 0. The minimum Gasteiger partial charge on any atom is -0.481 e. The molecule has 1 unspecified atom stereocenters. The monoisotopic (exact) mass is 174 g/mol. The highest BCUT2D eigenvalue weighted by Crippen LogP contribution is 1.87. The summed E-state index contributed by atoms with van der Waals surface area (Å²) < 4.78 is 0. The van der Waals surface area contributed by atoms with Crippen LogP contribution >= 0.6 is 0 Å². The van der Waals surface area contributed by atoms with E-state index < -0.39 is 24.3 Å². The molecule has 6 nitrogen and oxygen atoms in total. The van der Waals surface area contributed by atoms with Crippen LogP contribution in [0.3, 0.4) is 0 Å². The van der Waals surface area contributed by atoms with E-state index in [-0.39, 0.29) is 6.54 Å². The highest BCUT2D eigenvalue weighted by molar-refractivity contribution is 5.83. The molecule has 0 saturated heterocycles. The highest BCUT2D eigenvalue weighted by atomic mass is 16.4. The predicted molar refractivity (Wildman–Crippen MR) is 39.3 cm³/mol. The van der Waals surface area contributed by atoms with Crippen LogP contribution in [0.5, 0.6) is 0 Å². The van der Waals surface area contributed by atoms with Gasteiger partial charge in [-0.2, -0.15) is 0 Å². The highest BCUT2D eigenvalue weighted by Gasteiger charge is 2.13. The van der Waals surface area contributed by atoms with Gasteiger partial charge in [0.15, 0.2) is 0 Å². The SMILES string of the molecule is NCC(=O)NC(C=O)CC(=O)O.